The molecule has 0 aliphatic carbocycles. The van der Waals surface area contributed by atoms with Gasteiger partial charge in [0.1, 0.15) is 0 Å². The minimum absolute atomic E-state index is 0.0875. The van der Waals surface area contributed by atoms with Gasteiger partial charge in [-0.05, 0) is 31.1 Å². The average molecular weight is 287 g/mol. The summed E-state index contributed by atoms with van der Waals surface area (Å²) in [5, 5.41) is 11.5. The molecule has 0 saturated carbocycles. The quantitative estimate of drug-likeness (QED) is 0.682. The Balaban J connectivity index is 2.35. The monoisotopic (exact) mass is 286 g/mol. The number of nitro groups is 1. The Labute approximate surface area is 115 Å². The van der Waals surface area contributed by atoms with Crippen LogP contribution in [0, 0.1) is 10.1 Å². The summed E-state index contributed by atoms with van der Waals surface area (Å²) in [6, 6.07) is 4.82. The van der Waals surface area contributed by atoms with Gasteiger partial charge in [-0.25, -0.2) is 0 Å². The zero-order chi connectivity index (χ0) is 13.2. The van der Waals surface area contributed by atoms with E-state index in [2.05, 4.69) is 0 Å². The van der Waals surface area contributed by atoms with Gasteiger partial charge >= 0.3 is 0 Å². The van der Waals surface area contributed by atoms with Crippen molar-refractivity contribution in [2.45, 2.75) is 24.0 Å². The third kappa shape index (κ3) is 2.63. The van der Waals surface area contributed by atoms with Crippen LogP contribution in [0.15, 0.2) is 18.2 Å². The number of halogens is 1. The lowest BCUT2D eigenvalue weighted by atomic mass is 9.93. The number of nitrogens with two attached hydrogens (primary N) is 1. The predicted octanol–water partition coefficient (Wildman–Crippen LogP) is 3.02. The van der Waals surface area contributed by atoms with Gasteiger partial charge in [0.2, 0.25) is 0 Å². The first-order chi connectivity index (χ1) is 8.58. The van der Waals surface area contributed by atoms with Gasteiger partial charge in [0.15, 0.2) is 0 Å². The van der Waals surface area contributed by atoms with Crippen molar-refractivity contribution in [2.24, 2.45) is 5.73 Å². The lowest BCUT2D eigenvalue weighted by Crippen LogP contribution is -2.34. The van der Waals surface area contributed by atoms with E-state index in [1.165, 1.54) is 6.07 Å². The van der Waals surface area contributed by atoms with E-state index >= 15 is 0 Å². The van der Waals surface area contributed by atoms with Gasteiger partial charge in [-0.2, -0.15) is 11.8 Å². The Hall–Kier alpha value is -0.780. The van der Waals surface area contributed by atoms with E-state index in [-0.39, 0.29) is 15.4 Å². The normalized spacial score (nSPS) is 23.2. The SMILES string of the molecule is NCC1(Cc2c(Cl)cccc2[N+](=O)[O-])CCCS1. The van der Waals surface area contributed by atoms with Crippen molar-refractivity contribution in [3.05, 3.63) is 38.9 Å². The third-order valence-corrected chi connectivity index (χ3v) is 5.32. The summed E-state index contributed by atoms with van der Waals surface area (Å²) >= 11 is 7.92. The van der Waals surface area contributed by atoms with Crippen LogP contribution < -0.4 is 5.73 Å². The second kappa shape index (κ2) is 5.47. The highest BCUT2D eigenvalue weighted by molar-refractivity contribution is 8.00. The molecule has 1 aromatic rings. The van der Waals surface area contributed by atoms with Crippen molar-refractivity contribution in [1.82, 2.24) is 0 Å². The Morgan fingerprint density at radius 3 is 2.89 bits per heavy atom. The summed E-state index contributed by atoms with van der Waals surface area (Å²) < 4.78 is -0.0875. The van der Waals surface area contributed by atoms with Crippen molar-refractivity contribution in [3.8, 4) is 0 Å². The highest BCUT2D eigenvalue weighted by Crippen LogP contribution is 2.42. The molecule has 1 aromatic carbocycles. The van der Waals surface area contributed by atoms with Crippen molar-refractivity contribution < 1.29 is 4.92 Å². The molecule has 0 amide bonds. The summed E-state index contributed by atoms with van der Waals surface area (Å²) in [5.41, 5.74) is 6.57. The summed E-state index contributed by atoms with van der Waals surface area (Å²) in [5.74, 6) is 1.06. The Morgan fingerprint density at radius 2 is 2.33 bits per heavy atom. The smallest absolute Gasteiger partial charge is 0.274 e. The van der Waals surface area contributed by atoms with E-state index in [0.29, 0.717) is 23.6 Å². The second-order valence-electron chi connectivity index (χ2n) is 4.51. The maximum absolute atomic E-state index is 11.0. The summed E-state index contributed by atoms with van der Waals surface area (Å²) in [6.07, 6.45) is 2.68. The van der Waals surface area contributed by atoms with Crippen LogP contribution in [0.25, 0.3) is 0 Å². The third-order valence-electron chi connectivity index (χ3n) is 3.35. The van der Waals surface area contributed by atoms with Crippen molar-refractivity contribution >= 4 is 29.1 Å². The molecule has 0 bridgehead atoms. The van der Waals surface area contributed by atoms with Crippen LogP contribution in [0.2, 0.25) is 5.02 Å². The van der Waals surface area contributed by atoms with Crippen LogP contribution >= 0.6 is 23.4 Å². The molecule has 1 heterocycles. The first-order valence-electron chi connectivity index (χ1n) is 5.84. The largest absolute Gasteiger partial charge is 0.329 e. The standard InChI is InChI=1S/C12H15ClN2O2S/c13-10-3-1-4-11(15(16)17)9(10)7-12(8-14)5-2-6-18-12/h1,3-4H,2,5-8,14H2. The fourth-order valence-electron chi connectivity index (χ4n) is 2.34. The van der Waals surface area contributed by atoms with Crippen molar-refractivity contribution in [1.29, 1.82) is 0 Å². The van der Waals surface area contributed by atoms with Crippen LogP contribution in [0.5, 0.6) is 0 Å². The molecule has 18 heavy (non-hydrogen) atoms. The zero-order valence-electron chi connectivity index (χ0n) is 9.89. The highest BCUT2D eigenvalue weighted by atomic mass is 35.5. The van der Waals surface area contributed by atoms with Crippen LogP contribution in [0.3, 0.4) is 0 Å². The van der Waals surface area contributed by atoms with Crippen LogP contribution in [-0.4, -0.2) is 22.0 Å². The zero-order valence-corrected chi connectivity index (χ0v) is 11.5. The molecular weight excluding hydrogens is 272 g/mol. The average Bonchev–Trinajstić information content (AvgIpc) is 2.81. The Kier molecular flexibility index (Phi) is 4.14. The van der Waals surface area contributed by atoms with Gasteiger partial charge in [-0.15, -0.1) is 0 Å². The predicted molar refractivity (Wildman–Crippen MR) is 75.3 cm³/mol. The number of hydrogen-bond acceptors (Lipinski definition) is 4. The van der Waals surface area contributed by atoms with E-state index in [9.17, 15) is 10.1 Å². The van der Waals surface area contributed by atoms with Gasteiger partial charge in [0, 0.05) is 22.9 Å². The molecule has 1 atom stereocenters. The first-order valence-corrected chi connectivity index (χ1v) is 7.20. The van der Waals surface area contributed by atoms with E-state index in [0.717, 1.165) is 18.6 Å². The van der Waals surface area contributed by atoms with Gasteiger partial charge in [0.25, 0.3) is 5.69 Å². The maximum atomic E-state index is 11.0. The minimum atomic E-state index is -0.370. The number of nitrogens with zero attached hydrogens (tertiary/aromatic N) is 1. The lowest BCUT2D eigenvalue weighted by Gasteiger charge is -2.26. The van der Waals surface area contributed by atoms with Gasteiger partial charge in [-0.3, -0.25) is 10.1 Å². The minimum Gasteiger partial charge on any atom is -0.329 e. The Morgan fingerprint density at radius 1 is 1.56 bits per heavy atom. The van der Waals surface area contributed by atoms with Crippen molar-refractivity contribution in [3.63, 3.8) is 0 Å². The molecule has 0 spiro atoms. The molecule has 0 radical (unpaired) electrons. The summed E-state index contributed by atoms with van der Waals surface area (Å²) in [6.45, 7) is 0.528. The second-order valence-corrected chi connectivity index (χ2v) is 6.48. The van der Waals surface area contributed by atoms with Crippen molar-refractivity contribution in [2.75, 3.05) is 12.3 Å². The molecule has 6 heteroatoms. The molecule has 1 saturated heterocycles. The lowest BCUT2D eigenvalue weighted by molar-refractivity contribution is -0.385. The van der Waals surface area contributed by atoms with Gasteiger partial charge in [0.05, 0.1) is 9.95 Å². The molecule has 1 aliphatic rings. The van der Waals surface area contributed by atoms with Crippen LogP contribution in [0.1, 0.15) is 18.4 Å². The number of rotatable bonds is 4. The molecule has 0 aromatic heterocycles. The number of benzene rings is 1. The fourth-order valence-corrected chi connectivity index (χ4v) is 3.95. The number of nitro benzene ring substituents is 1. The van der Waals surface area contributed by atoms with E-state index < -0.39 is 0 Å². The summed E-state index contributed by atoms with van der Waals surface area (Å²) in [4.78, 5) is 10.7. The first kappa shape index (κ1) is 13.6. The topological polar surface area (TPSA) is 69.2 Å². The molecule has 98 valence electrons. The maximum Gasteiger partial charge on any atom is 0.274 e. The molecule has 2 N–H and O–H groups in total. The van der Waals surface area contributed by atoms with Gasteiger partial charge in [-0.1, -0.05) is 17.7 Å². The number of thioether (sulfide) groups is 1. The van der Waals surface area contributed by atoms with E-state index in [1.54, 1.807) is 12.1 Å². The van der Waals surface area contributed by atoms with Crippen LogP contribution in [-0.2, 0) is 6.42 Å². The number of hydrogen-bond donors (Lipinski definition) is 1. The molecular formula is C12H15ClN2O2S. The molecule has 1 aliphatic heterocycles. The fraction of sp³-hybridized carbons (Fsp3) is 0.500. The Bertz CT molecular complexity index is 461. The summed E-state index contributed by atoms with van der Waals surface area (Å²) in [7, 11) is 0. The van der Waals surface area contributed by atoms with Crippen LogP contribution in [0.4, 0.5) is 5.69 Å². The molecule has 4 nitrogen and oxygen atoms in total. The molecule has 1 fully saturated rings. The molecule has 1 unspecified atom stereocenters. The van der Waals surface area contributed by atoms with Gasteiger partial charge < -0.3 is 5.73 Å². The van der Waals surface area contributed by atoms with E-state index in [4.69, 9.17) is 17.3 Å². The highest BCUT2D eigenvalue weighted by Gasteiger charge is 2.36. The van der Waals surface area contributed by atoms with E-state index in [1.807, 2.05) is 11.8 Å². The molecule has 2 rings (SSSR count).